The maximum absolute atomic E-state index is 13.2. The number of rotatable bonds is 2. The summed E-state index contributed by atoms with van der Waals surface area (Å²) >= 11 is 0. The van der Waals surface area contributed by atoms with Crippen molar-refractivity contribution >= 4 is 0 Å². The summed E-state index contributed by atoms with van der Waals surface area (Å²) in [5.41, 5.74) is 2.00. The molecule has 1 N–H and O–H groups in total. The minimum Gasteiger partial charge on any atom is -0.316 e. The molecule has 1 saturated heterocycles. The first-order valence-electron chi connectivity index (χ1n) is 6.34. The van der Waals surface area contributed by atoms with Crippen LogP contribution in [-0.2, 0) is 0 Å². The van der Waals surface area contributed by atoms with E-state index in [1.54, 1.807) is 10.7 Å². The highest BCUT2D eigenvalue weighted by Crippen LogP contribution is 2.23. The number of benzene rings is 1. The predicted octanol–water partition coefficient (Wildman–Crippen LogP) is 2.48. The van der Waals surface area contributed by atoms with Crippen LogP contribution in [0.15, 0.2) is 36.7 Å². The standard InChI is InChI=1S/C14H16FN3/c15-13-4-1-5-14(7-13)18-10-12(9-17-18)11-3-2-6-16-8-11/h1,4-5,7,9-11,16H,2-3,6,8H2. The SMILES string of the molecule is Fc1cccc(-n2cc(C3CCCNC3)cn2)c1. The minimum atomic E-state index is -0.233. The summed E-state index contributed by atoms with van der Waals surface area (Å²) in [6, 6.07) is 6.50. The van der Waals surface area contributed by atoms with E-state index in [9.17, 15) is 4.39 Å². The Morgan fingerprint density at radius 2 is 2.33 bits per heavy atom. The van der Waals surface area contributed by atoms with E-state index < -0.39 is 0 Å². The van der Waals surface area contributed by atoms with Crippen LogP contribution in [0.2, 0.25) is 0 Å². The normalized spacial score (nSPS) is 19.9. The first-order chi connectivity index (χ1) is 8.83. The Kier molecular flexibility index (Phi) is 3.11. The zero-order valence-electron chi connectivity index (χ0n) is 10.1. The van der Waals surface area contributed by atoms with E-state index in [2.05, 4.69) is 10.4 Å². The van der Waals surface area contributed by atoms with Crippen molar-refractivity contribution in [1.29, 1.82) is 0 Å². The molecule has 4 heteroatoms. The van der Waals surface area contributed by atoms with Crippen LogP contribution in [0.5, 0.6) is 0 Å². The Labute approximate surface area is 106 Å². The summed E-state index contributed by atoms with van der Waals surface area (Å²) in [5.74, 6) is 0.296. The van der Waals surface area contributed by atoms with Gasteiger partial charge in [-0.1, -0.05) is 6.07 Å². The molecule has 0 aliphatic carbocycles. The summed E-state index contributed by atoms with van der Waals surface area (Å²) in [7, 11) is 0. The third-order valence-electron chi connectivity index (χ3n) is 3.44. The summed E-state index contributed by atoms with van der Waals surface area (Å²) in [6.45, 7) is 2.11. The van der Waals surface area contributed by atoms with Gasteiger partial charge < -0.3 is 5.32 Å². The zero-order valence-corrected chi connectivity index (χ0v) is 10.1. The molecule has 1 fully saturated rings. The van der Waals surface area contributed by atoms with E-state index in [4.69, 9.17) is 0 Å². The van der Waals surface area contributed by atoms with Crippen molar-refractivity contribution in [3.05, 3.63) is 48.0 Å². The van der Waals surface area contributed by atoms with Crippen LogP contribution >= 0.6 is 0 Å². The molecular formula is C14H16FN3. The second-order valence-corrected chi connectivity index (χ2v) is 4.74. The number of piperidine rings is 1. The van der Waals surface area contributed by atoms with Gasteiger partial charge in [0.15, 0.2) is 0 Å². The predicted molar refractivity (Wildman–Crippen MR) is 68.4 cm³/mol. The van der Waals surface area contributed by atoms with Crippen LogP contribution in [0.1, 0.15) is 24.3 Å². The molecule has 0 amide bonds. The molecule has 0 bridgehead atoms. The molecule has 1 aliphatic rings. The molecule has 2 aromatic rings. The minimum absolute atomic E-state index is 0.233. The fourth-order valence-electron chi connectivity index (χ4n) is 2.44. The van der Waals surface area contributed by atoms with Crippen LogP contribution in [0.25, 0.3) is 5.69 Å². The van der Waals surface area contributed by atoms with Gasteiger partial charge in [-0.2, -0.15) is 5.10 Å². The quantitative estimate of drug-likeness (QED) is 0.881. The van der Waals surface area contributed by atoms with Crippen LogP contribution in [0.4, 0.5) is 4.39 Å². The van der Waals surface area contributed by atoms with Crippen molar-refractivity contribution in [2.24, 2.45) is 0 Å². The van der Waals surface area contributed by atoms with E-state index in [0.29, 0.717) is 5.92 Å². The van der Waals surface area contributed by atoms with Crippen LogP contribution < -0.4 is 5.32 Å². The highest BCUT2D eigenvalue weighted by molar-refractivity contribution is 5.32. The molecule has 1 aliphatic heterocycles. The largest absolute Gasteiger partial charge is 0.316 e. The van der Waals surface area contributed by atoms with Gasteiger partial charge in [0.25, 0.3) is 0 Å². The van der Waals surface area contributed by atoms with Gasteiger partial charge in [0.2, 0.25) is 0 Å². The molecule has 2 heterocycles. The van der Waals surface area contributed by atoms with Crippen molar-refractivity contribution in [2.75, 3.05) is 13.1 Å². The highest BCUT2D eigenvalue weighted by atomic mass is 19.1. The fourth-order valence-corrected chi connectivity index (χ4v) is 2.44. The summed E-state index contributed by atoms with van der Waals surface area (Å²) in [5, 5.41) is 7.72. The van der Waals surface area contributed by atoms with E-state index in [1.807, 2.05) is 18.5 Å². The third-order valence-corrected chi connectivity index (χ3v) is 3.44. The lowest BCUT2D eigenvalue weighted by Gasteiger charge is -2.21. The second-order valence-electron chi connectivity index (χ2n) is 4.74. The van der Waals surface area contributed by atoms with Gasteiger partial charge in [-0.05, 0) is 49.1 Å². The first kappa shape index (κ1) is 11.4. The highest BCUT2D eigenvalue weighted by Gasteiger charge is 2.16. The van der Waals surface area contributed by atoms with E-state index in [0.717, 1.165) is 18.8 Å². The molecule has 1 aromatic heterocycles. The maximum atomic E-state index is 13.2. The molecule has 94 valence electrons. The molecular weight excluding hydrogens is 229 g/mol. The Morgan fingerprint density at radius 3 is 3.11 bits per heavy atom. The monoisotopic (exact) mass is 245 g/mol. The summed E-state index contributed by atoms with van der Waals surface area (Å²) in [4.78, 5) is 0. The molecule has 1 aromatic carbocycles. The zero-order chi connectivity index (χ0) is 12.4. The third kappa shape index (κ3) is 2.29. The molecule has 0 spiro atoms. The summed E-state index contributed by atoms with van der Waals surface area (Å²) < 4.78 is 14.9. The summed E-state index contributed by atoms with van der Waals surface area (Å²) in [6.07, 6.45) is 6.30. The van der Waals surface area contributed by atoms with Crippen molar-refractivity contribution < 1.29 is 4.39 Å². The van der Waals surface area contributed by atoms with Crippen LogP contribution in [-0.4, -0.2) is 22.9 Å². The molecule has 3 nitrogen and oxygen atoms in total. The lowest BCUT2D eigenvalue weighted by Crippen LogP contribution is -2.28. The number of halogens is 1. The molecule has 1 atom stereocenters. The van der Waals surface area contributed by atoms with E-state index in [1.165, 1.54) is 30.5 Å². The molecule has 0 saturated carbocycles. The second kappa shape index (κ2) is 4.90. The van der Waals surface area contributed by atoms with E-state index >= 15 is 0 Å². The lowest BCUT2D eigenvalue weighted by atomic mass is 9.94. The van der Waals surface area contributed by atoms with Gasteiger partial charge in [0, 0.05) is 12.7 Å². The van der Waals surface area contributed by atoms with Gasteiger partial charge in [-0.25, -0.2) is 9.07 Å². The van der Waals surface area contributed by atoms with Crippen molar-refractivity contribution in [1.82, 2.24) is 15.1 Å². The van der Waals surface area contributed by atoms with Crippen LogP contribution in [0, 0.1) is 5.82 Å². The topological polar surface area (TPSA) is 29.9 Å². The molecule has 1 unspecified atom stereocenters. The average molecular weight is 245 g/mol. The molecule has 18 heavy (non-hydrogen) atoms. The Bertz CT molecular complexity index is 529. The van der Waals surface area contributed by atoms with E-state index in [-0.39, 0.29) is 5.82 Å². The van der Waals surface area contributed by atoms with Crippen molar-refractivity contribution in [2.45, 2.75) is 18.8 Å². The van der Waals surface area contributed by atoms with Gasteiger partial charge >= 0.3 is 0 Å². The first-order valence-corrected chi connectivity index (χ1v) is 6.34. The Morgan fingerprint density at radius 1 is 1.39 bits per heavy atom. The number of nitrogens with one attached hydrogen (secondary N) is 1. The van der Waals surface area contributed by atoms with Crippen molar-refractivity contribution in [3.63, 3.8) is 0 Å². The average Bonchev–Trinajstić information content (AvgIpc) is 2.89. The number of nitrogens with zero attached hydrogens (tertiary/aromatic N) is 2. The van der Waals surface area contributed by atoms with Gasteiger partial charge in [0.1, 0.15) is 5.82 Å². The lowest BCUT2D eigenvalue weighted by molar-refractivity contribution is 0.461. The Hall–Kier alpha value is -1.68. The Balaban J connectivity index is 1.84. The van der Waals surface area contributed by atoms with Gasteiger partial charge in [0.05, 0.1) is 11.9 Å². The molecule has 3 rings (SSSR count). The van der Waals surface area contributed by atoms with Crippen LogP contribution in [0.3, 0.4) is 0 Å². The maximum Gasteiger partial charge on any atom is 0.125 e. The number of aromatic nitrogens is 2. The van der Waals surface area contributed by atoms with Gasteiger partial charge in [-0.3, -0.25) is 0 Å². The van der Waals surface area contributed by atoms with Crippen molar-refractivity contribution in [3.8, 4) is 5.69 Å². The molecule has 0 radical (unpaired) electrons. The van der Waals surface area contributed by atoms with Gasteiger partial charge in [-0.15, -0.1) is 0 Å². The number of hydrogen-bond donors (Lipinski definition) is 1. The number of hydrogen-bond acceptors (Lipinski definition) is 2. The smallest absolute Gasteiger partial charge is 0.125 e. The fraction of sp³-hybridized carbons (Fsp3) is 0.357.